The number of carbonyl (C=O) groups is 4. The Balaban J connectivity index is 1.60. The maximum atomic E-state index is 12.0. The number of oxazole rings is 1. The Kier molecular flexibility index (Phi) is 8.81. The van der Waals surface area contributed by atoms with E-state index in [0.717, 1.165) is 26.3 Å². The van der Waals surface area contributed by atoms with Gasteiger partial charge in [-0.15, -0.1) is 5.10 Å². The summed E-state index contributed by atoms with van der Waals surface area (Å²) in [5.74, 6) is -1.92. The van der Waals surface area contributed by atoms with Gasteiger partial charge in [0, 0.05) is 27.7 Å². The molecular weight excluding hydrogens is 536 g/mol. The van der Waals surface area contributed by atoms with Crippen LogP contribution in [-0.2, 0) is 48.6 Å². The fourth-order valence-corrected chi connectivity index (χ4v) is 4.66. The number of rotatable bonds is 9. The molecule has 0 bridgehead atoms. The van der Waals surface area contributed by atoms with E-state index in [1.165, 1.54) is 29.6 Å². The third kappa shape index (κ3) is 7.11. The molecule has 0 aliphatic carbocycles. The second-order valence-electron chi connectivity index (χ2n) is 8.49. The van der Waals surface area contributed by atoms with Crippen molar-refractivity contribution in [3.8, 4) is 0 Å². The third-order valence-corrected chi connectivity index (χ3v) is 6.27. The number of carbonyl (C=O) groups excluding carboxylic acids is 4. The van der Waals surface area contributed by atoms with Crippen molar-refractivity contribution >= 4 is 46.7 Å². The molecule has 5 unspecified atom stereocenters. The Morgan fingerprint density at radius 1 is 0.923 bits per heavy atom. The number of nitrogens with zero attached hydrogens (tertiary/aromatic N) is 4. The largest absolute Gasteiger partial charge is 0.463 e. The molecule has 15 heteroatoms. The van der Waals surface area contributed by atoms with Gasteiger partial charge in [0.15, 0.2) is 30.1 Å². The number of esters is 4. The predicted octanol–water partition coefficient (Wildman–Crippen LogP) is 1.97. The first kappa shape index (κ1) is 28.0. The highest BCUT2D eigenvalue weighted by Gasteiger charge is 2.53. The zero-order chi connectivity index (χ0) is 28.1. The molecule has 0 spiro atoms. The normalized spacial score (nSPS) is 22.7. The van der Waals surface area contributed by atoms with Crippen molar-refractivity contribution in [2.75, 3.05) is 6.61 Å². The molecule has 1 aliphatic heterocycles. The smallest absolute Gasteiger partial charge is 0.303 e. The van der Waals surface area contributed by atoms with Gasteiger partial charge in [-0.05, 0) is 12.1 Å². The lowest BCUT2D eigenvalue weighted by molar-refractivity contribution is -0.270. The molecule has 0 amide bonds. The minimum absolute atomic E-state index is 0.345. The summed E-state index contributed by atoms with van der Waals surface area (Å²) >= 11 is 1.29. The van der Waals surface area contributed by atoms with Crippen molar-refractivity contribution in [1.29, 1.82) is 0 Å². The number of ether oxygens (including phenoxy) is 5. The molecule has 208 valence electrons. The van der Waals surface area contributed by atoms with Gasteiger partial charge < -0.3 is 28.1 Å². The number of aromatic nitrogens is 4. The zero-order valence-electron chi connectivity index (χ0n) is 21.5. The predicted molar refractivity (Wildman–Crippen MR) is 131 cm³/mol. The fourth-order valence-electron chi connectivity index (χ4n) is 3.99. The van der Waals surface area contributed by atoms with Crippen LogP contribution in [0.15, 0.2) is 39.9 Å². The molecule has 3 aromatic rings. The number of fused-ring (bicyclic) bond motifs is 1. The van der Waals surface area contributed by atoms with Crippen LogP contribution in [0.3, 0.4) is 0 Å². The topological polar surface area (TPSA) is 171 Å². The lowest BCUT2D eigenvalue weighted by Crippen LogP contribution is -2.60. The maximum Gasteiger partial charge on any atom is 0.303 e. The number of para-hydroxylation sites is 2. The molecule has 39 heavy (non-hydrogen) atoms. The van der Waals surface area contributed by atoms with Gasteiger partial charge >= 0.3 is 23.9 Å². The molecular formula is C24H26N4O10S. The quantitative estimate of drug-likeness (QED) is 0.210. The monoisotopic (exact) mass is 562 g/mol. The summed E-state index contributed by atoms with van der Waals surface area (Å²) in [5, 5.41) is 8.70. The molecule has 0 N–H and O–H groups in total. The van der Waals surface area contributed by atoms with Crippen molar-refractivity contribution in [2.45, 2.75) is 69.1 Å². The Morgan fingerprint density at radius 3 is 2.26 bits per heavy atom. The Labute approximate surface area is 226 Å². The molecule has 1 saturated heterocycles. The summed E-state index contributed by atoms with van der Waals surface area (Å²) in [4.78, 5) is 51.8. The lowest BCUT2D eigenvalue weighted by atomic mass is 9.97. The first-order valence-corrected chi connectivity index (χ1v) is 12.8. The average molecular weight is 563 g/mol. The number of thioether (sulfide) groups is 1. The minimum Gasteiger partial charge on any atom is -0.463 e. The molecule has 1 aliphatic rings. The van der Waals surface area contributed by atoms with Gasteiger partial charge in [0.1, 0.15) is 23.3 Å². The SMILES string of the molecule is CC(=O)OCC1OC(n2cc(SCc3nc4ccccc4o3)nn2)C(OC(C)=O)C(OC(C)=O)C1OC(C)=O. The Morgan fingerprint density at radius 2 is 1.59 bits per heavy atom. The van der Waals surface area contributed by atoms with Crippen LogP contribution in [0.2, 0.25) is 0 Å². The Bertz CT molecular complexity index is 1320. The van der Waals surface area contributed by atoms with Gasteiger partial charge in [0.25, 0.3) is 0 Å². The van der Waals surface area contributed by atoms with Gasteiger partial charge in [-0.2, -0.15) is 0 Å². The van der Waals surface area contributed by atoms with Crippen molar-refractivity contribution in [3.05, 3.63) is 36.4 Å². The molecule has 1 fully saturated rings. The van der Waals surface area contributed by atoms with Gasteiger partial charge in [-0.25, -0.2) is 9.67 Å². The van der Waals surface area contributed by atoms with Crippen LogP contribution in [0.5, 0.6) is 0 Å². The van der Waals surface area contributed by atoms with Crippen molar-refractivity contribution < 1.29 is 47.3 Å². The highest BCUT2D eigenvalue weighted by molar-refractivity contribution is 7.98. The van der Waals surface area contributed by atoms with E-state index in [-0.39, 0.29) is 6.61 Å². The van der Waals surface area contributed by atoms with Gasteiger partial charge in [-0.1, -0.05) is 29.1 Å². The van der Waals surface area contributed by atoms with E-state index in [1.807, 2.05) is 24.3 Å². The van der Waals surface area contributed by atoms with Gasteiger partial charge in [0.2, 0.25) is 5.89 Å². The van der Waals surface area contributed by atoms with Crippen LogP contribution in [0.25, 0.3) is 11.1 Å². The summed E-state index contributed by atoms with van der Waals surface area (Å²) in [6.45, 7) is 4.32. The molecule has 5 atom stereocenters. The first-order valence-electron chi connectivity index (χ1n) is 11.8. The Hall–Kier alpha value is -3.98. The molecule has 2 aromatic heterocycles. The fraction of sp³-hybridized carbons (Fsp3) is 0.458. The van der Waals surface area contributed by atoms with E-state index in [1.54, 1.807) is 0 Å². The van der Waals surface area contributed by atoms with Gasteiger partial charge in [0.05, 0.1) is 11.9 Å². The summed E-state index contributed by atoms with van der Waals surface area (Å²) in [6, 6.07) is 7.37. The van der Waals surface area contributed by atoms with Crippen LogP contribution < -0.4 is 0 Å². The van der Waals surface area contributed by atoms with E-state index in [2.05, 4.69) is 15.3 Å². The van der Waals surface area contributed by atoms with Crippen LogP contribution >= 0.6 is 11.8 Å². The summed E-state index contributed by atoms with van der Waals surface area (Å²) in [5.41, 5.74) is 1.39. The highest BCUT2D eigenvalue weighted by Crippen LogP contribution is 2.35. The molecule has 0 radical (unpaired) electrons. The molecule has 3 heterocycles. The average Bonchev–Trinajstić information content (AvgIpc) is 3.50. The number of benzene rings is 1. The molecule has 0 saturated carbocycles. The maximum absolute atomic E-state index is 12.0. The minimum atomic E-state index is -1.31. The van der Waals surface area contributed by atoms with Crippen LogP contribution in [0.4, 0.5) is 0 Å². The number of hydrogen-bond acceptors (Lipinski definition) is 14. The molecule has 1 aromatic carbocycles. The van der Waals surface area contributed by atoms with E-state index >= 15 is 0 Å². The van der Waals surface area contributed by atoms with Crippen LogP contribution in [-0.4, -0.2) is 74.9 Å². The van der Waals surface area contributed by atoms with E-state index in [0.29, 0.717) is 22.3 Å². The lowest BCUT2D eigenvalue weighted by Gasteiger charge is -2.44. The summed E-state index contributed by atoms with van der Waals surface area (Å²) in [6.07, 6.45) is -4.61. The highest BCUT2D eigenvalue weighted by atomic mass is 32.2. The standard InChI is InChI=1S/C24H26N4O10S/c1-12(29)33-10-18-21(34-13(2)30)22(35-14(3)31)23(36-15(4)32)24(38-18)28-9-20(26-27-28)39-11-19-25-16-7-5-6-8-17(16)37-19/h5-9,18,21-24H,10-11H2,1-4H3. The van der Waals surface area contributed by atoms with Crippen molar-refractivity contribution in [2.24, 2.45) is 0 Å². The first-order chi connectivity index (χ1) is 18.6. The van der Waals surface area contributed by atoms with Crippen LogP contribution in [0.1, 0.15) is 39.8 Å². The molecule has 14 nitrogen and oxygen atoms in total. The van der Waals surface area contributed by atoms with E-state index in [4.69, 9.17) is 28.1 Å². The van der Waals surface area contributed by atoms with E-state index in [9.17, 15) is 19.2 Å². The van der Waals surface area contributed by atoms with Gasteiger partial charge in [-0.3, -0.25) is 19.2 Å². The number of hydrogen-bond donors (Lipinski definition) is 0. The molecule has 4 rings (SSSR count). The van der Waals surface area contributed by atoms with Crippen LogP contribution in [0, 0.1) is 0 Å². The van der Waals surface area contributed by atoms with Crippen molar-refractivity contribution in [1.82, 2.24) is 20.0 Å². The second-order valence-corrected chi connectivity index (χ2v) is 9.49. The van der Waals surface area contributed by atoms with E-state index < -0.39 is 54.5 Å². The zero-order valence-corrected chi connectivity index (χ0v) is 22.3. The second kappa shape index (κ2) is 12.3. The third-order valence-electron chi connectivity index (χ3n) is 5.40. The summed E-state index contributed by atoms with van der Waals surface area (Å²) in [7, 11) is 0. The summed E-state index contributed by atoms with van der Waals surface area (Å²) < 4.78 is 34.5. The van der Waals surface area contributed by atoms with Crippen molar-refractivity contribution in [3.63, 3.8) is 0 Å².